The lowest BCUT2D eigenvalue weighted by Crippen LogP contribution is -2.26. The van der Waals surface area contributed by atoms with Crippen LogP contribution in [-0.2, 0) is 16.6 Å². The minimum absolute atomic E-state index is 0.0781. The number of benzene rings is 1. The first-order valence-electron chi connectivity index (χ1n) is 8.94. The van der Waals surface area contributed by atoms with Gasteiger partial charge < -0.3 is 9.64 Å². The summed E-state index contributed by atoms with van der Waals surface area (Å²) in [4.78, 5) is 19.2. The van der Waals surface area contributed by atoms with Crippen molar-refractivity contribution < 1.29 is 13.2 Å². The Morgan fingerprint density at radius 1 is 1.11 bits per heavy atom. The lowest BCUT2D eigenvalue weighted by molar-refractivity contribution is 0.375. The molecule has 4 rings (SSSR count). The van der Waals surface area contributed by atoms with E-state index in [0.717, 1.165) is 31.3 Å². The molecule has 1 aliphatic rings. The Labute approximate surface area is 162 Å². The van der Waals surface area contributed by atoms with Crippen LogP contribution in [0.5, 0.6) is 6.01 Å². The van der Waals surface area contributed by atoms with Crippen LogP contribution in [0.25, 0.3) is 10.9 Å². The molecule has 0 spiro atoms. The van der Waals surface area contributed by atoms with E-state index >= 15 is 0 Å². The van der Waals surface area contributed by atoms with Crippen LogP contribution in [0.3, 0.4) is 0 Å². The summed E-state index contributed by atoms with van der Waals surface area (Å²) in [5, 5.41) is 0.753. The van der Waals surface area contributed by atoms with Crippen LogP contribution < -0.4 is 14.4 Å². The number of nitrogens with zero attached hydrogens (tertiary/aromatic N) is 5. The number of sulfonamides is 1. The number of anilines is 1. The Hall–Kier alpha value is -2.85. The van der Waals surface area contributed by atoms with Crippen molar-refractivity contribution in [3.63, 3.8) is 0 Å². The molecular formula is C18H20N6O3S. The van der Waals surface area contributed by atoms with Gasteiger partial charge in [0.1, 0.15) is 4.90 Å². The molecular weight excluding hydrogens is 380 g/mol. The highest BCUT2D eigenvalue weighted by Gasteiger charge is 2.21. The van der Waals surface area contributed by atoms with Gasteiger partial charge in [-0.15, -0.1) is 0 Å². The van der Waals surface area contributed by atoms with Crippen molar-refractivity contribution in [1.82, 2.24) is 24.7 Å². The maximum atomic E-state index is 12.9. The highest BCUT2D eigenvalue weighted by molar-refractivity contribution is 7.89. The number of pyridine rings is 1. The molecule has 10 heteroatoms. The molecule has 1 fully saturated rings. The first-order chi connectivity index (χ1) is 13.6. The molecule has 1 N–H and O–H groups in total. The molecule has 0 amide bonds. The van der Waals surface area contributed by atoms with E-state index < -0.39 is 10.0 Å². The molecule has 0 aliphatic carbocycles. The molecule has 2 aromatic heterocycles. The normalized spacial score (nSPS) is 14.5. The third-order valence-corrected chi connectivity index (χ3v) is 5.96. The Morgan fingerprint density at radius 2 is 1.89 bits per heavy atom. The molecule has 9 nitrogen and oxygen atoms in total. The lowest BCUT2D eigenvalue weighted by atomic mass is 10.2. The lowest BCUT2D eigenvalue weighted by Gasteiger charge is -2.16. The topological polar surface area (TPSA) is 110 Å². The van der Waals surface area contributed by atoms with Crippen LogP contribution in [-0.4, -0.2) is 48.6 Å². The molecule has 1 aromatic carbocycles. The second-order valence-corrected chi connectivity index (χ2v) is 8.12. The van der Waals surface area contributed by atoms with Crippen LogP contribution >= 0.6 is 0 Å². The maximum absolute atomic E-state index is 12.9. The van der Waals surface area contributed by atoms with Gasteiger partial charge in [0, 0.05) is 24.7 Å². The summed E-state index contributed by atoms with van der Waals surface area (Å²) < 4.78 is 33.4. The largest absolute Gasteiger partial charge is 0.467 e. The molecule has 1 aliphatic heterocycles. The second-order valence-electron chi connectivity index (χ2n) is 6.39. The quantitative estimate of drug-likeness (QED) is 0.663. The van der Waals surface area contributed by atoms with Crippen molar-refractivity contribution in [2.45, 2.75) is 24.3 Å². The van der Waals surface area contributed by atoms with Gasteiger partial charge in [-0.05, 0) is 25.0 Å². The van der Waals surface area contributed by atoms with E-state index in [4.69, 9.17) is 4.74 Å². The minimum atomic E-state index is -3.80. The van der Waals surface area contributed by atoms with Crippen LogP contribution in [0.4, 0.5) is 5.95 Å². The summed E-state index contributed by atoms with van der Waals surface area (Å²) in [6.45, 7) is 1.64. The zero-order chi connectivity index (χ0) is 19.6. The average molecular weight is 400 g/mol. The Balaban J connectivity index is 1.60. The van der Waals surface area contributed by atoms with E-state index in [0.29, 0.717) is 17.3 Å². The van der Waals surface area contributed by atoms with Gasteiger partial charge in [0.2, 0.25) is 16.0 Å². The first-order valence-corrected chi connectivity index (χ1v) is 10.4. The summed E-state index contributed by atoms with van der Waals surface area (Å²) in [6.07, 6.45) is 3.72. The number of nitrogens with one attached hydrogen (secondary N) is 1. The molecule has 3 heterocycles. The third-order valence-electron chi connectivity index (χ3n) is 4.53. The first kappa shape index (κ1) is 18.5. The van der Waals surface area contributed by atoms with Crippen molar-refractivity contribution in [2.75, 3.05) is 25.1 Å². The zero-order valence-corrected chi connectivity index (χ0v) is 16.2. The third kappa shape index (κ3) is 3.73. The highest BCUT2D eigenvalue weighted by atomic mass is 32.2. The monoisotopic (exact) mass is 400 g/mol. The van der Waals surface area contributed by atoms with Gasteiger partial charge in [0.05, 0.1) is 19.2 Å². The number of hydrogen-bond donors (Lipinski definition) is 1. The summed E-state index contributed by atoms with van der Waals surface area (Å²) in [7, 11) is -2.33. The number of ether oxygens (including phenoxy) is 1. The van der Waals surface area contributed by atoms with Crippen molar-refractivity contribution in [3.8, 4) is 6.01 Å². The van der Waals surface area contributed by atoms with E-state index in [1.807, 2.05) is 17.0 Å². The predicted molar refractivity (Wildman–Crippen MR) is 104 cm³/mol. The van der Waals surface area contributed by atoms with Crippen molar-refractivity contribution in [3.05, 3.63) is 42.4 Å². The number of hydrogen-bond acceptors (Lipinski definition) is 8. The van der Waals surface area contributed by atoms with Crippen molar-refractivity contribution in [1.29, 1.82) is 0 Å². The minimum Gasteiger partial charge on any atom is -0.467 e. The molecule has 3 aromatic rings. The number of fused-ring (bicyclic) bond motifs is 1. The second kappa shape index (κ2) is 7.64. The van der Waals surface area contributed by atoms with Crippen LogP contribution in [0.15, 0.2) is 41.4 Å². The van der Waals surface area contributed by atoms with Gasteiger partial charge in [0.15, 0.2) is 5.82 Å². The number of para-hydroxylation sites is 1. The molecule has 0 saturated carbocycles. The number of aromatic nitrogens is 4. The highest BCUT2D eigenvalue weighted by Crippen LogP contribution is 2.21. The SMILES string of the molecule is COc1nc(CNS(=O)(=O)c2cccc3cccnc23)nc(N2CCCC2)n1. The maximum Gasteiger partial charge on any atom is 0.321 e. The molecule has 0 radical (unpaired) electrons. The predicted octanol–water partition coefficient (Wildman–Crippen LogP) is 1.51. The van der Waals surface area contributed by atoms with E-state index in [1.54, 1.807) is 18.3 Å². The Bertz CT molecular complexity index is 1090. The van der Waals surface area contributed by atoms with Gasteiger partial charge in [-0.25, -0.2) is 13.1 Å². The van der Waals surface area contributed by atoms with Gasteiger partial charge in [-0.2, -0.15) is 15.0 Å². The van der Waals surface area contributed by atoms with Gasteiger partial charge >= 0.3 is 6.01 Å². The van der Waals surface area contributed by atoms with E-state index in [-0.39, 0.29) is 17.5 Å². The Kier molecular flexibility index (Phi) is 5.05. The summed E-state index contributed by atoms with van der Waals surface area (Å²) >= 11 is 0. The van der Waals surface area contributed by atoms with Crippen molar-refractivity contribution in [2.24, 2.45) is 0 Å². The Morgan fingerprint density at radius 3 is 2.68 bits per heavy atom. The smallest absolute Gasteiger partial charge is 0.321 e. The van der Waals surface area contributed by atoms with E-state index in [2.05, 4.69) is 24.7 Å². The molecule has 28 heavy (non-hydrogen) atoms. The van der Waals surface area contributed by atoms with E-state index in [1.165, 1.54) is 13.2 Å². The zero-order valence-electron chi connectivity index (χ0n) is 15.4. The van der Waals surface area contributed by atoms with E-state index in [9.17, 15) is 8.42 Å². The van der Waals surface area contributed by atoms with Gasteiger partial charge in [0.25, 0.3) is 0 Å². The molecule has 0 bridgehead atoms. The summed E-state index contributed by atoms with van der Waals surface area (Å²) in [5.74, 6) is 0.802. The van der Waals surface area contributed by atoms with Crippen LogP contribution in [0, 0.1) is 0 Å². The fraction of sp³-hybridized carbons (Fsp3) is 0.333. The van der Waals surface area contributed by atoms with Crippen LogP contribution in [0.1, 0.15) is 18.7 Å². The number of rotatable bonds is 6. The molecule has 1 saturated heterocycles. The summed E-state index contributed by atoms with van der Waals surface area (Å²) in [6, 6.07) is 8.79. The fourth-order valence-corrected chi connectivity index (χ4v) is 4.30. The average Bonchev–Trinajstić information content (AvgIpc) is 3.26. The molecule has 0 atom stereocenters. The van der Waals surface area contributed by atoms with Crippen molar-refractivity contribution >= 4 is 26.9 Å². The standard InChI is InChI=1S/C18H20N6O3S/c1-27-18-22-15(21-17(23-18)24-10-2-3-11-24)12-20-28(25,26)14-8-4-6-13-7-5-9-19-16(13)14/h4-9,20H,2-3,10-12H2,1H3. The number of methoxy groups -OCH3 is 1. The fourth-order valence-electron chi connectivity index (χ4n) is 3.15. The summed E-state index contributed by atoms with van der Waals surface area (Å²) in [5.41, 5.74) is 0.420. The molecule has 146 valence electrons. The molecule has 0 unspecified atom stereocenters. The van der Waals surface area contributed by atoms with Gasteiger partial charge in [-0.3, -0.25) is 4.98 Å². The van der Waals surface area contributed by atoms with Gasteiger partial charge in [-0.1, -0.05) is 18.2 Å². The van der Waals surface area contributed by atoms with Crippen LogP contribution in [0.2, 0.25) is 0 Å².